The standard InChI is InChI=1S/C16H21N3O/c1-2-12-19-15(10-11-18-19)16(20)9-8-14(17)13-6-4-3-5-7-13/h3-7,10-11,14H,2,8-9,12,17H2,1H3. The fraction of sp³-hybridized carbons (Fsp3) is 0.375. The van der Waals surface area contributed by atoms with Crippen molar-refractivity contribution in [3.8, 4) is 0 Å². The third kappa shape index (κ3) is 3.54. The predicted octanol–water partition coefficient (Wildman–Crippen LogP) is 2.96. The van der Waals surface area contributed by atoms with Gasteiger partial charge in [-0.05, 0) is 24.5 Å². The molecule has 0 aliphatic rings. The molecule has 0 bridgehead atoms. The van der Waals surface area contributed by atoms with E-state index in [1.54, 1.807) is 16.9 Å². The normalized spacial score (nSPS) is 12.3. The van der Waals surface area contributed by atoms with Crippen molar-refractivity contribution >= 4 is 5.78 Å². The number of rotatable bonds is 7. The number of Topliss-reactive ketones (excluding diaryl/α,β-unsaturated/α-hetero) is 1. The summed E-state index contributed by atoms with van der Waals surface area (Å²) in [6.45, 7) is 2.85. The molecule has 0 radical (unpaired) electrons. The summed E-state index contributed by atoms with van der Waals surface area (Å²) in [6.07, 6.45) is 3.75. The van der Waals surface area contributed by atoms with E-state index < -0.39 is 0 Å². The summed E-state index contributed by atoms with van der Waals surface area (Å²) in [7, 11) is 0. The number of aryl methyl sites for hydroxylation is 1. The van der Waals surface area contributed by atoms with Gasteiger partial charge in [-0.1, -0.05) is 37.3 Å². The van der Waals surface area contributed by atoms with Gasteiger partial charge in [0.25, 0.3) is 0 Å². The van der Waals surface area contributed by atoms with Crippen molar-refractivity contribution in [1.82, 2.24) is 9.78 Å². The summed E-state index contributed by atoms with van der Waals surface area (Å²) >= 11 is 0. The van der Waals surface area contributed by atoms with Gasteiger partial charge in [-0.15, -0.1) is 0 Å². The highest BCUT2D eigenvalue weighted by Gasteiger charge is 2.14. The average molecular weight is 271 g/mol. The Labute approximate surface area is 119 Å². The van der Waals surface area contributed by atoms with Crippen LogP contribution in [-0.4, -0.2) is 15.6 Å². The van der Waals surface area contributed by atoms with E-state index in [1.807, 2.05) is 30.3 Å². The number of nitrogens with two attached hydrogens (primary N) is 1. The highest BCUT2D eigenvalue weighted by Crippen LogP contribution is 2.17. The summed E-state index contributed by atoms with van der Waals surface area (Å²) in [5, 5.41) is 4.18. The summed E-state index contributed by atoms with van der Waals surface area (Å²) in [5.74, 6) is 0.113. The Morgan fingerprint density at radius 2 is 2.05 bits per heavy atom. The van der Waals surface area contributed by atoms with E-state index in [2.05, 4.69) is 12.0 Å². The van der Waals surface area contributed by atoms with E-state index in [-0.39, 0.29) is 11.8 Å². The summed E-state index contributed by atoms with van der Waals surface area (Å²) in [6, 6.07) is 11.6. The van der Waals surface area contributed by atoms with E-state index in [9.17, 15) is 4.79 Å². The lowest BCUT2D eigenvalue weighted by molar-refractivity contribution is 0.0967. The van der Waals surface area contributed by atoms with Crippen LogP contribution in [0.2, 0.25) is 0 Å². The molecule has 0 spiro atoms. The first kappa shape index (κ1) is 14.5. The minimum atomic E-state index is -0.0947. The molecule has 0 saturated carbocycles. The van der Waals surface area contributed by atoms with Gasteiger partial charge >= 0.3 is 0 Å². The van der Waals surface area contributed by atoms with Gasteiger partial charge < -0.3 is 5.73 Å². The van der Waals surface area contributed by atoms with Crippen molar-refractivity contribution in [2.24, 2.45) is 5.73 Å². The molecular weight excluding hydrogens is 250 g/mol. The second-order valence-electron chi connectivity index (χ2n) is 4.92. The first-order chi connectivity index (χ1) is 9.72. The maximum Gasteiger partial charge on any atom is 0.180 e. The Hall–Kier alpha value is -1.94. The van der Waals surface area contributed by atoms with Crippen molar-refractivity contribution in [3.05, 3.63) is 53.9 Å². The highest BCUT2D eigenvalue weighted by molar-refractivity contribution is 5.94. The van der Waals surface area contributed by atoms with Crippen LogP contribution in [0.4, 0.5) is 0 Å². The number of ketones is 1. The number of nitrogens with zero attached hydrogens (tertiary/aromatic N) is 2. The number of carbonyl (C=O) groups is 1. The molecule has 20 heavy (non-hydrogen) atoms. The summed E-state index contributed by atoms with van der Waals surface area (Å²) in [4.78, 5) is 12.2. The molecule has 2 aromatic rings. The van der Waals surface area contributed by atoms with Crippen molar-refractivity contribution in [2.75, 3.05) is 0 Å². The van der Waals surface area contributed by atoms with Gasteiger partial charge in [0.15, 0.2) is 5.78 Å². The minimum absolute atomic E-state index is 0.0947. The molecule has 1 aromatic carbocycles. The van der Waals surface area contributed by atoms with Crippen molar-refractivity contribution in [1.29, 1.82) is 0 Å². The summed E-state index contributed by atoms with van der Waals surface area (Å²) in [5.41, 5.74) is 7.88. The van der Waals surface area contributed by atoms with Gasteiger partial charge in [0.05, 0.1) is 0 Å². The molecule has 0 saturated heterocycles. The molecule has 1 atom stereocenters. The second kappa shape index (κ2) is 7.01. The molecule has 4 nitrogen and oxygen atoms in total. The number of hydrogen-bond donors (Lipinski definition) is 1. The Balaban J connectivity index is 1.93. The van der Waals surface area contributed by atoms with Gasteiger partial charge in [0.1, 0.15) is 5.69 Å². The fourth-order valence-corrected chi connectivity index (χ4v) is 2.24. The molecule has 1 unspecified atom stereocenters. The van der Waals surface area contributed by atoms with Gasteiger partial charge in [-0.3, -0.25) is 9.48 Å². The van der Waals surface area contributed by atoms with Gasteiger partial charge in [0, 0.05) is 25.2 Å². The zero-order valence-corrected chi connectivity index (χ0v) is 11.8. The molecule has 0 aliphatic heterocycles. The number of benzene rings is 1. The van der Waals surface area contributed by atoms with Crippen LogP contribution >= 0.6 is 0 Å². The lowest BCUT2D eigenvalue weighted by Crippen LogP contribution is -2.15. The Morgan fingerprint density at radius 3 is 2.75 bits per heavy atom. The smallest absolute Gasteiger partial charge is 0.180 e. The van der Waals surface area contributed by atoms with Crippen LogP contribution < -0.4 is 5.73 Å². The maximum atomic E-state index is 12.2. The van der Waals surface area contributed by atoms with Crippen molar-refractivity contribution in [3.63, 3.8) is 0 Å². The van der Waals surface area contributed by atoms with Crippen LogP contribution in [0, 0.1) is 0 Å². The third-order valence-electron chi connectivity index (χ3n) is 3.35. The van der Waals surface area contributed by atoms with Crippen molar-refractivity contribution < 1.29 is 4.79 Å². The van der Waals surface area contributed by atoms with Gasteiger partial charge in [0.2, 0.25) is 0 Å². The van der Waals surface area contributed by atoms with Crippen molar-refractivity contribution in [2.45, 2.75) is 38.8 Å². The molecule has 1 aromatic heterocycles. The Kier molecular flexibility index (Phi) is 5.07. The predicted molar refractivity (Wildman–Crippen MR) is 79.5 cm³/mol. The average Bonchev–Trinajstić information content (AvgIpc) is 2.94. The third-order valence-corrected chi connectivity index (χ3v) is 3.35. The fourth-order valence-electron chi connectivity index (χ4n) is 2.24. The summed E-state index contributed by atoms with van der Waals surface area (Å²) < 4.78 is 1.77. The van der Waals surface area contributed by atoms with Crippen LogP contribution in [0.5, 0.6) is 0 Å². The molecule has 4 heteroatoms. The van der Waals surface area contributed by atoms with Gasteiger partial charge in [-0.25, -0.2) is 0 Å². The highest BCUT2D eigenvalue weighted by atomic mass is 16.1. The van der Waals surface area contributed by atoms with E-state index in [0.717, 1.165) is 18.5 Å². The second-order valence-corrected chi connectivity index (χ2v) is 4.92. The molecule has 106 valence electrons. The molecular formula is C16H21N3O. The zero-order chi connectivity index (χ0) is 14.4. The van der Waals surface area contributed by atoms with E-state index in [4.69, 9.17) is 5.73 Å². The van der Waals surface area contributed by atoms with E-state index in [1.165, 1.54) is 0 Å². The zero-order valence-electron chi connectivity index (χ0n) is 11.8. The number of aromatic nitrogens is 2. The Bertz CT molecular complexity index is 548. The molecule has 0 aliphatic carbocycles. The molecule has 0 amide bonds. The Morgan fingerprint density at radius 1 is 1.30 bits per heavy atom. The van der Waals surface area contributed by atoms with Crippen LogP contribution in [0.1, 0.15) is 48.3 Å². The first-order valence-electron chi connectivity index (χ1n) is 7.08. The molecule has 1 heterocycles. The monoisotopic (exact) mass is 271 g/mol. The van der Waals surface area contributed by atoms with Crippen LogP contribution in [0.25, 0.3) is 0 Å². The van der Waals surface area contributed by atoms with Crippen LogP contribution in [0.15, 0.2) is 42.6 Å². The van der Waals surface area contributed by atoms with E-state index in [0.29, 0.717) is 18.5 Å². The lowest BCUT2D eigenvalue weighted by Gasteiger charge is -2.11. The van der Waals surface area contributed by atoms with E-state index >= 15 is 0 Å². The lowest BCUT2D eigenvalue weighted by atomic mass is 10.0. The van der Waals surface area contributed by atoms with Gasteiger partial charge in [-0.2, -0.15) is 5.10 Å². The number of carbonyl (C=O) groups excluding carboxylic acids is 1. The largest absolute Gasteiger partial charge is 0.324 e. The number of hydrogen-bond acceptors (Lipinski definition) is 3. The maximum absolute atomic E-state index is 12.2. The van der Waals surface area contributed by atoms with Crippen LogP contribution in [-0.2, 0) is 6.54 Å². The molecule has 2 N–H and O–H groups in total. The molecule has 2 rings (SSSR count). The molecule has 0 fully saturated rings. The first-order valence-corrected chi connectivity index (χ1v) is 7.08. The quantitative estimate of drug-likeness (QED) is 0.787. The minimum Gasteiger partial charge on any atom is -0.324 e. The topological polar surface area (TPSA) is 60.9 Å². The van der Waals surface area contributed by atoms with Crippen LogP contribution in [0.3, 0.4) is 0 Å². The SMILES string of the molecule is CCCn1nccc1C(=O)CCC(N)c1ccccc1.